The SMILES string of the molecule is Cc1nn(C)c(NC2CCNC3(CCC3)C2)c1C(N)=O. The summed E-state index contributed by atoms with van der Waals surface area (Å²) in [6.45, 7) is 2.85. The fourth-order valence-corrected chi connectivity index (χ4v) is 3.58. The second-order valence-electron chi connectivity index (χ2n) is 6.19. The molecule has 4 N–H and O–H groups in total. The summed E-state index contributed by atoms with van der Waals surface area (Å²) in [7, 11) is 1.85. The van der Waals surface area contributed by atoms with Crippen LogP contribution in [0.4, 0.5) is 5.82 Å². The summed E-state index contributed by atoms with van der Waals surface area (Å²) in [4.78, 5) is 11.6. The van der Waals surface area contributed by atoms with E-state index in [1.807, 2.05) is 14.0 Å². The van der Waals surface area contributed by atoms with Crippen LogP contribution in [0.3, 0.4) is 0 Å². The number of aryl methyl sites for hydroxylation is 2. The fraction of sp³-hybridized carbons (Fsp3) is 0.714. The maximum absolute atomic E-state index is 11.6. The van der Waals surface area contributed by atoms with Gasteiger partial charge >= 0.3 is 0 Å². The number of carbonyl (C=O) groups excluding carboxylic acids is 1. The fourth-order valence-electron chi connectivity index (χ4n) is 3.58. The predicted molar refractivity (Wildman–Crippen MR) is 77.7 cm³/mol. The van der Waals surface area contributed by atoms with Crippen LogP contribution in [0.5, 0.6) is 0 Å². The molecule has 6 heteroatoms. The smallest absolute Gasteiger partial charge is 0.254 e. The molecule has 1 aromatic rings. The number of nitrogens with zero attached hydrogens (tertiary/aromatic N) is 2. The lowest BCUT2D eigenvalue weighted by Crippen LogP contribution is -2.58. The molecular weight excluding hydrogens is 254 g/mol. The van der Waals surface area contributed by atoms with Gasteiger partial charge in [0.1, 0.15) is 11.4 Å². The lowest BCUT2D eigenvalue weighted by atomic mass is 9.70. The lowest BCUT2D eigenvalue weighted by molar-refractivity contribution is 0.100. The molecule has 1 atom stereocenters. The van der Waals surface area contributed by atoms with Gasteiger partial charge in [-0.15, -0.1) is 0 Å². The van der Waals surface area contributed by atoms with E-state index >= 15 is 0 Å². The highest BCUT2D eigenvalue weighted by molar-refractivity contribution is 5.98. The number of nitrogens with two attached hydrogens (primary N) is 1. The minimum Gasteiger partial charge on any atom is -0.367 e. The highest BCUT2D eigenvalue weighted by Gasteiger charge is 2.41. The van der Waals surface area contributed by atoms with Crippen LogP contribution in [-0.4, -0.2) is 33.8 Å². The van der Waals surface area contributed by atoms with Crippen molar-refractivity contribution in [1.82, 2.24) is 15.1 Å². The minimum atomic E-state index is -0.412. The van der Waals surface area contributed by atoms with Gasteiger partial charge in [-0.1, -0.05) is 0 Å². The maximum atomic E-state index is 11.6. The molecule has 2 heterocycles. The van der Waals surface area contributed by atoms with Crippen molar-refractivity contribution in [2.24, 2.45) is 12.8 Å². The maximum Gasteiger partial charge on any atom is 0.254 e. The van der Waals surface area contributed by atoms with Gasteiger partial charge in [-0.25, -0.2) is 0 Å². The predicted octanol–water partition coefficient (Wildman–Crippen LogP) is 0.914. The first-order valence-corrected chi connectivity index (χ1v) is 7.36. The van der Waals surface area contributed by atoms with Crippen LogP contribution in [0.1, 0.15) is 48.2 Å². The van der Waals surface area contributed by atoms with Crippen molar-refractivity contribution >= 4 is 11.7 Å². The molecule has 6 nitrogen and oxygen atoms in total. The number of piperidine rings is 1. The van der Waals surface area contributed by atoms with Crippen LogP contribution < -0.4 is 16.4 Å². The molecule has 2 fully saturated rings. The van der Waals surface area contributed by atoms with Gasteiger partial charge in [0, 0.05) is 18.6 Å². The number of hydrogen-bond acceptors (Lipinski definition) is 4. The molecule has 0 aromatic carbocycles. The molecule has 1 aliphatic heterocycles. The molecule has 20 heavy (non-hydrogen) atoms. The molecule has 0 bridgehead atoms. The molecule has 110 valence electrons. The number of carbonyl (C=O) groups is 1. The van der Waals surface area contributed by atoms with Crippen LogP contribution in [0.15, 0.2) is 0 Å². The van der Waals surface area contributed by atoms with E-state index in [2.05, 4.69) is 15.7 Å². The lowest BCUT2D eigenvalue weighted by Gasteiger charge is -2.48. The first kappa shape index (κ1) is 13.4. The number of primary amides is 1. The van der Waals surface area contributed by atoms with Gasteiger partial charge in [0.2, 0.25) is 0 Å². The summed E-state index contributed by atoms with van der Waals surface area (Å²) in [5.41, 5.74) is 7.02. The summed E-state index contributed by atoms with van der Waals surface area (Å²) in [6, 6.07) is 0.379. The zero-order valence-electron chi connectivity index (χ0n) is 12.2. The third kappa shape index (κ3) is 2.18. The third-order valence-electron chi connectivity index (χ3n) is 4.75. The van der Waals surface area contributed by atoms with E-state index in [0.717, 1.165) is 25.2 Å². The van der Waals surface area contributed by atoms with Crippen molar-refractivity contribution in [3.63, 3.8) is 0 Å². The number of aromatic nitrogens is 2. The van der Waals surface area contributed by atoms with E-state index < -0.39 is 5.91 Å². The molecule has 1 amide bonds. The average Bonchev–Trinajstić information content (AvgIpc) is 2.62. The zero-order chi connectivity index (χ0) is 14.3. The van der Waals surface area contributed by atoms with Gasteiger partial charge in [-0.3, -0.25) is 9.48 Å². The molecule has 1 unspecified atom stereocenters. The number of hydrogen-bond donors (Lipinski definition) is 3. The average molecular weight is 277 g/mol. The molecule has 1 saturated carbocycles. The molecule has 2 aliphatic rings. The number of anilines is 1. The quantitative estimate of drug-likeness (QED) is 0.767. The molecular formula is C14H23N5O. The molecule has 0 radical (unpaired) electrons. The van der Waals surface area contributed by atoms with E-state index in [1.54, 1.807) is 4.68 Å². The van der Waals surface area contributed by atoms with Gasteiger partial charge < -0.3 is 16.4 Å². The Morgan fingerprint density at radius 1 is 1.55 bits per heavy atom. The number of amides is 1. The Morgan fingerprint density at radius 2 is 2.30 bits per heavy atom. The standard InChI is InChI=1S/C14H23N5O/c1-9-11(12(15)20)13(19(2)18-9)17-10-4-7-16-14(8-10)5-3-6-14/h10,16-17H,3-8H2,1-2H3,(H2,15,20). The van der Waals surface area contributed by atoms with Crippen LogP contribution in [0.25, 0.3) is 0 Å². The van der Waals surface area contributed by atoms with E-state index in [-0.39, 0.29) is 0 Å². The summed E-state index contributed by atoms with van der Waals surface area (Å²) >= 11 is 0. The van der Waals surface area contributed by atoms with Crippen molar-refractivity contribution < 1.29 is 4.79 Å². The molecule has 1 aliphatic carbocycles. The number of rotatable bonds is 3. The first-order valence-electron chi connectivity index (χ1n) is 7.36. The minimum absolute atomic E-state index is 0.330. The van der Waals surface area contributed by atoms with Gasteiger partial charge in [-0.2, -0.15) is 5.10 Å². The van der Waals surface area contributed by atoms with Crippen LogP contribution >= 0.6 is 0 Å². The molecule has 1 aromatic heterocycles. The van der Waals surface area contributed by atoms with Gasteiger partial charge in [0.25, 0.3) is 5.91 Å². The summed E-state index contributed by atoms with van der Waals surface area (Å²) in [5, 5.41) is 11.5. The summed E-state index contributed by atoms with van der Waals surface area (Å²) in [5.74, 6) is 0.349. The topological polar surface area (TPSA) is 85.0 Å². The second kappa shape index (κ2) is 4.77. The Hall–Kier alpha value is -1.56. The summed E-state index contributed by atoms with van der Waals surface area (Å²) in [6.07, 6.45) is 6.01. The largest absolute Gasteiger partial charge is 0.367 e. The van der Waals surface area contributed by atoms with Crippen molar-refractivity contribution in [2.45, 2.75) is 50.6 Å². The van der Waals surface area contributed by atoms with E-state index in [4.69, 9.17) is 5.73 Å². The Kier molecular flexibility index (Phi) is 3.20. The third-order valence-corrected chi connectivity index (χ3v) is 4.75. The summed E-state index contributed by atoms with van der Waals surface area (Å²) < 4.78 is 1.73. The van der Waals surface area contributed by atoms with Crippen LogP contribution in [-0.2, 0) is 7.05 Å². The highest BCUT2D eigenvalue weighted by atomic mass is 16.1. The van der Waals surface area contributed by atoms with Crippen molar-refractivity contribution in [3.05, 3.63) is 11.3 Å². The van der Waals surface area contributed by atoms with Gasteiger partial charge in [-0.05, 0) is 45.6 Å². The van der Waals surface area contributed by atoms with E-state index in [0.29, 0.717) is 22.8 Å². The van der Waals surface area contributed by atoms with Crippen LogP contribution in [0, 0.1) is 6.92 Å². The van der Waals surface area contributed by atoms with E-state index in [1.165, 1.54) is 19.3 Å². The Labute approximate surface area is 119 Å². The second-order valence-corrected chi connectivity index (χ2v) is 6.19. The Balaban J connectivity index is 1.79. The van der Waals surface area contributed by atoms with E-state index in [9.17, 15) is 4.79 Å². The first-order chi connectivity index (χ1) is 9.51. The molecule has 1 saturated heterocycles. The highest BCUT2D eigenvalue weighted by Crippen LogP contribution is 2.39. The van der Waals surface area contributed by atoms with Crippen molar-refractivity contribution in [1.29, 1.82) is 0 Å². The van der Waals surface area contributed by atoms with Crippen LogP contribution in [0.2, 0.25) is 0 Å². The molecule has 1 spiro atoms. The Bertz CT molecular complexity index is 532. The Morgan fingerprint density at radius 3 is 2.90 bits per heavy atom. The van der Waals surface area contributed by atoms with Gasteiger partial charge in [0.05, 0.1) is 5.69 Å². The normalized spacial score (nSPS) is 24.4. The monoisotopic (exact) mass is 277 g/mol. The van der Waals surface area contributed by atoms with Gasteiger partial charge in [0.15, 0.2) is 0 Å². The number of nitrogens with one attached hydrogen (secondary N) is 2. The van der Waals surface area contributed by atoms with Crippen molar-refractivity contribution in [2.75, 3.05) is 11.9 Å². The van der Waals surface area contributed by atoms with Crippen molar-refractivity contribution in [3.8, 4) is 0 Å². The zero-order valence-corrected chi connectivity index (χ0v) is 12.2. The molecule has 3 rings (SSSR count).